The second kappa shape index (κ2) is 5.85. The van der Waals surface area contributed by atoms with Crippen molar-refractivity contribution < 1.29 is 17.5 Å². The topological polar surface area (TPSA) is 81.4 Å². The molecule has 0 radical (unpaired) electrons. The maximum Gasteiger partial charge on any atom is 0.243 e. The molecule has 2 rings (SSSR count). The third-order valence-electron chi connectivity index (χ3n) is 3.11. The molecule has 1 saturated heterocycles. The molecule has 0 aromatic heterocycles. The summed E-state index contributed by atoms with van der Waals surface area (Å²) in [6.45, 7) is 1.65. The highest BCUT2D eigenvalue weighted by molar-refractivity contribution is 7.89. The van der Waals surface area contributed by atoms with Crippen LogP contribution in [0.3, 0.4) is 0 Å². The molecule has 1 fully saturated rings. The number of nitrogens with two attached hydrogens (primary N) is 1. The predicted octanol–water partition coefficient (Wildman–Crippen LogP) is 1.11. The van der Waals surface area contributed by atoms with Crippen molar-refractivity contribution in [1.82, 2.24) is 4.72 Å². The van der Waals surface area contributed by atoms with Crippen LogP contribution in [0.15, 0.2) is 23.1 Å². The molecule has 1 aliphatic heterocycles. The number of anilines is 1. The molecule has 0 amide bonds. The molecule has 0 aliphatic carbocycles. The molecule has 19 heavy (non-hydrogen) atoms. The summed E-state index contributed by atoms with van der Waals surface area (Å²) in [5, 5.41) is 0. The highest BCUT2D eigenvalue weighted by Crippen LogP contribution is 2.19. The Hall–Kier alpha value is -1.18. The Morgan fingerprint density at radius 2 is 2.26 bits per heavy atom. The predicted molar refractivity (Wildman–Crippen MR) is 69.5 cm³/mol. The van der Waals surface area contributed by atoms with Crippen LogP contribution >= 0.6 is 0 Å². The quantitative estimate of drug-likeness (QED) is 0.795. The number of halogens is 1. The van der Waals surface area contributed by atoms with Crippen molar-refractivity contribution in [3.05, 3.63) is 24.0 Å². The van der Waals surface area contributed by atoms with Crippen LogP contribution < -0.4 is 10.5 Å². The molecule has 3 N–H and O–H groups in total. The van der Waals surface area contributed by atoms with Crippen molar-refractivity contribution in [2.45, 2.75) is 17.7 Å². The Labute approximate surface area is 112 Å². The molecule has 5 nitrogen and oxygen atoms in total. The molecular formula is C12H17FN2O3S. The van der Waals surface area contributed by atoms with Crippen LogP contribution in [0.25, 0.3) is 0 Å². The lowest BCUT2D eigenvalue weighted by atomic mass is 10.1. The second-order valence-corrected chi connectivity index (χ2v) is 6.34. The van der Waals surface area contributed by atoms with E-state index in [1.54, 1.807) is 0 Å². The van der Waals surface area contributed by atoms with E-state index in [1.165, 1.54) is 6.07 Å². The Kier molecular flexibility index (Phi) is 4.38. The molecule has 7 heteroatoms. The van der Waals surface area contributed by atoms with E-state index in [1.807, 2.05) is 0 Å². The molecule has 1 aromatic carbocycles. The first-order valence-corrected chi connectivity index (χ1v) is 7.60. The van der Waals surface area contributed by atoms with Crippen molar-refractivity contribution in [3.63, 3.8) is 0 Å². The van der Waals surface area contributed by atoms with E-state index in [0.29, 0.717) is 18.9 Å². The van der Waals surface area contributed by atoms with Gasteiger partial charge in [-0.3, -0.25) is 0 Å². The number of benzene rings is 1. The summed E-state index contributed by atoms with van der Waals surface area (Å²) in [6, 6.07) is 3.50. The van der Waals surface area contributed by atoms with Gasteiger partial charge < -0.3 is 10.5 Å². The minimum Gasteiger partial charge on any atom is -0.399 e. The Balaban J connectivity index is 1.99. The smallest absolute Gasteiger partial charge is 0.243 e. The molecule has 0 spiro atoms. The number of ether oxygens (including phenoxy) is 1. The van der Waals surface area contributed by atoms with Crippen molar-refractivity contribution in [3.8, 4) is 0 Å². The SMILES string of the molecule is Nc1ccc(F)c(S(=O)(=O)NCCC2CCOC2)c1. The molecule has 0 saturated carbocycles. The van der Waals surface area contributed by atoms with E-state index in [4.69, 9.17) is 10.5 Å². The number of nitrogen functional groups attached to an aromatic ring is 1. The summed E-state index contributed by atoms with van der Waals surface area (Å²) in [7, 11) is -3.85. The largest absolute Gasteiger partial charge is 0.399 e. The standard InChI is InChI=1S/C12H17FN2O3S/c13-11-2-1-10(14)7-12(11)19(16,17)15-5-3-9-4-6-18-8-9/h1-2,7,9,15H,3-6,8,14H2. The van der Waals surface area contributed by atoms with Gasteiger partial charge in [-0.25, -0.2) is 17.5 Å². The van der Waals surface area contributed by atoms with E-state index in [-0.39, 0.29) is 12.2 Å². The zero-order chi connectivity index (χ0) is 13.9. The first-order valence-electron chi connectivity index (χ1n) is 6.11. The summed E-state index contributed by atoms with van der Waals surface area (Å²) in [5.41, 5.74) is 5.69. The van der Waals surface area contributed by atoms with Gasteiger partial charge in [0.2, 0.25) is 10.0 Å². The molecule has 0 bridgehead atoms. The van der Waals surface area contributed by atoms with Crippen LogP contribution in [0.2, 0.25) is 0 Å². The molecular weight excluding hydrogens is 271 g/mol. The lowest BCUT2D eigenvalue weighted by Crippen LogP contribution is -2.27. The van der Waals surface area contributed by atoms with Crippen molar-refractivity contribution >= 4 is 15.7 Å². The first-order chi connectivity index (χ1) is 8.99. The molecule has 1 aromatic rings. The number of hydrogen-bond acceptors (Lipinski definition) is 4. The van der Waals surface area contributed by atoms with E-state index < -0.39 is 20.7 Å². The zero-order valence-corrected chi connectivity index (χ0v) is 11.2. The van der Waals surface area contributed by atoms with Crippen LogP contribution in [-0.4, -0.2) is 28.2 Å². The second-order valence-electron chi connectivity index (χ2n) is 4.61. The van der Waals surface area contributed by atoms with Gasteiger partial charge in [-0.1, -0.05) is 0 Å². The van der Waals surface area contributed by atoms with Crippen molar-refractivity contribution in [2.24, 2.45) is 5.92 Å². The molecule has 1 heterocycles. The van der Waals surface area contributed by atoms with Crippen molar-refractivity contribution in [2.75, 3.05) is 25.5 Å². The maximum atomic E-state index is 13.5. The molecule has 106 valence electrons. The van der Waals surface area contributed by atoms with Gasteiger partial charge in [0, 0.05) is 25.4 Å². The number of hydrogen-bond donors (Lipinski definition) is 2. The van der Waals surface area contributed by atoms with Gasteiger partial charge in [0.05, 0.1) is 0 Å². The minimum atomic E-state index is -3.85. The van der Waals surface area contributed by atoms with Crippen LogP contribution in [0.4, 0.5) is 10.1 Å². The Morgan fingerprint density at radius 3 is 2.95 bits per heavy atom. The monoisotopic (exact) mass is 288 g/mol. The van der Waals surface area contributed by atoms with Gasteiger partial charge in [0.25, 0.3) is 0 Å². The van der Waals surface area contributed by atoms with Crippen LogP contribution in [0.1, 0.15) is 12.8 Å². The van der Waals surface area contributed by atoms with E-state index in [9.17, 15) is 12.8 Å². The fraction of sp³-hybridized carbons (Fsp3) is 0.500. The summed E-state index contributed by atoms with van der Waals surface area (Å²) in [5.74, 6) is -0.431. The first kappa shape index (κ1) is 14.2. The fourth-order valence-corrected chi connectivity index (χ4v) is 3.17. The lowest BCUT2D eigenvalue weighted by Gasteiger charge is -2.10. The highest BCUT2D eigenvalue weighted by atomic mass is 32.2. The Morgan fingerprint density at radius 1 is 1.47 bits per heavy atom. The fourth-order valence-electron chi connectivity index (χ4n) is 2.01. The number of rotatable bonds is 5. The average Bonchev–Trinajstić information content (AvgIpc) is 2.85. The van der Waals surface area contributed by atoms with Crippen LogP contribution in [0.5, 0.6) is 0 Å². The Bertz CT molecular complexity index is 542. The minimum absolute atomic E-state index is 0.214. The van der Waals surface area contributed by atoms with Crippen molar-refractivity contribution in [1.29, 1.82) is 0 Å². The summed E-state index contributed by atoms with van der Waals surface area (Å²) in [4.78, 5) is -0.407. The van der Waals surface area contributed by atoms with Gasteiger partial charge in [-0.15, -0.1) is 0 Å². The zero-order valence-electron chi connectivity index (χ0n) is 10.4. The summed E-state index contributed by atoms with van der Waals surface area (Å²) >= 11 is 0. The van der Waals surface area contributed by atoms with Crippen LogP contribution in [0, 0.1) is 11.7 Å². The van der Waals surface area contributed by atoms with E-state index >= 15 is 0 Å². The van der Waals surface area contributed by atoms with Gasteiger partial charge in [-0.2, -0.15) is 0 Å². The van der Waals surface area contributed by atoms with Crippen LogP contribution in [-0.2, 0) is 14.8 Å². The number of nitrogens with one attached hydrogen (secondary N) is 1. The van der Waals surface area contributed by atoms with Gasteiger partial charge in [0.1, 0.15) is 10.7 Å². The van der Waals surface area contributed by atoms with E-state index in [0.717, 1.165) is 25.2 Å². The molecule has 1 unspecified atom stereocenters. The van der Waals surface area contributed by atoms with Gasteiger partial charge in [-0.05, 0) is 37.0 Å². The highest BCUT2D eigenvalue weighted by Gasteiger charge is 2.21. The maximum absolute atomic E-state index is 13.5. The van der Waals surface area contributed by atoms with Gasteiger partial charge in [0.15, 0.2) is 0 Å². The summed E-state index contributed by atoms with van der Waals surface area (Å²) < 4.78 is 45.0. The molecule has 1 atom stereocenters. The number of sulfonamides is 1. The third-order valence-corrected chi connectivity index (χ3v) is 4.59. The lowest BCUT2D eigenvalue weighted by molar-refractivity contribution is 0.184. The van der Waals surface area contributed by atoms with Gasteiger partial charge >= 0.3 is 0 Å². The molecule has 1 aliphatic rings. The third kappa shape index (κ3) is 3.65. The summed E-state index contributed by atoms with van der Waals surface area (Å²) in [6.07, 6.45) is 1.62. The average molecular weight is 288 g/mol. The van der Waals surface area contributed by atoms with E-state index in [2.05, 4.69) is 4.72 Å². The normalized spacial score (nSPS) is 19.7.